The molecule has 0 fully saturated rings. The molecule has 1 aromatic carbocycles. The molecule has 0 saturated carbocycles. The second kappa shape index (κ2) is 9.45. The molecule has 2 amide bonds. The van der Waals surface area contributed by atoms with E-state index in [4.69, 9.17) is 0 Å². The van der Waals surface area contributed by atoms with Gasteiger partial charge in [0.25, 0.3) is 0 Å². The van der Waals surface area contributed by atoms with Crippen LogP contribution in [0.15, 0.2) is 24.3 Å². The maximum Gasteiger partial charge on any atom is 0.226 e. The van der Waals surface area contributed by atoms with E-state index < -0.39 is 0 Å². The molecule has 0 unspecified atom stereocenters. The van der Waals surface area contributed by atoms with Crippen LogP contribution in [0.25, 0.3) is 0 Å². The molecule has 134 valence electrons. The molecule has 0 spiro atoms. The zero-order valence-corrected chi connectivity index (χ0v) is 15.8. The Labute approximate surface area is 146 Å². The van der Waals surface area contributed by atoms with Gasteiger partial charge in [-0.1, -0.05) is 52.7 Å². The van der Waals surface area contributed by atoms with E-state index in [0.29, 0.717) is 13.0 Å². The van der Waals surface area contributed by atoms with Crippen molar-refractivity contribution in [3.63, 3.8) is 0 Å². The number of carbonyl (C=O) groups excluding carboxylic acids is 2. The monoisotopic (exact) mass is 332 g/mol. The molecule has 1 aromatic rings. The van der Waals surface area contributed by atoms with Gasteiger partial charge in [-0.05, 0) is 29.5 Å². The van der Waals surface area contributed by atoms with E-state index in [1.165, 1.54) is 5.56 Å². The average molecular weight is 332 g/mol. The van der Waals surface area contributed by atoms with Crippen LogP contribution in [-0.4, -0.2) is 29.8 Å². The third-order valence-corrected chi connectivity index (χ3v) is 4.12. The van der Waals surface area contributed by atoms with E-state index in [-0.39, 0.29) is 17.2 Å². The number of rotatable bonds is 8. The summed E-state index contributed by atoms with van der Waals surface area (Å²) in [5, 5.41) is 2.91. The Morgan fingerprint density at radius 2 is 1.67 bits per heavy atom. The molecule has 0 aliphatic heterocycles. The van der Waals surface area contributed by atoms with Crippen LogP contribution in [0.1, 0.15) is 65.9 Å². The smallest absolute Gasteiger partial charge is 0.226 e. The summed E-state index contributed by atoms with van der Waals surface area (Å²) in [6.07, 6.45) is 3.55. The van der Waals surface area contributed by atoms with Crippen LogP contribution in [0.5, 0.6) is 0 Å². The molecule has 0 saturated heterocycles. The predicted molar refractivity (Wildman–Crippen MR) is 100 cm³/mol. The molecule has 0 aliphatic rings. The Morgan fingerprint density at radius 1 is 1.04 bits per heavy atom. The fraction of sp³-hybridized carbons (Fsp3) is 0.600. The molecule has 0 heterocycles. The third-order valence-electron chi connectivity index (χ3n) is 4.12. The highest BCUT2D eigenvalue weighted by Gasteiger charge is 2.14. The van der Waals surface area contributed by atoms with Crippen molar-refractivity contribution >= 4 is 17.5 Å². The van der Waals surface area contributed by atoms with Gasteiger partial charge < -0.3 is 10.2 Å². The molecule has 4 heteroatoms. The van der Waals surface area contributed by atoms with Crippen molar-refractivity contribution in [1.82, 2.24) is 4.90 Å². The van der Waals surface area contributed by atoms with Crippen molar-refractivity contribution in [2.24, 2.45) is 0 Å². The first-order valence-electron chi connectivity index (χ1n) is 8.90. The van der Waals surface area contributed by atoms with Crippen LogP contribution in [0.3, 0.4) is 0 Å². The van der Waals surface area contributed by atoms with Gasteiger partial charge in [-0.15, -0.1) is 0 Å². The van der Waals surface area contributed by atoms with Crippen molar-refractivity contribution in [2.75, 3.05) is 18.4 Å². The van der Waals surface area contributed by atoms with Gasteiger partial charge >= 0.3 is 0 Å². The summed E-state index contributed by atoms with van der Waals surface area (Å²) < 4.78 is 0. The molecule has 0 aromatic heterocycles. The Hall–Kier alpha value is -1.84. The van der Waals surface area contributed by atoms with E-state index in [1.54, 1.807) is 11.8 Å². The van der Waals surface area contributed by atoms with E-state index in [0.717, 1.165) is 31.5 Å². The molecule has 0 atom stereocenters. The number of hydrogen-bond acceptors (Lipinski definition) is 2. The van der Waals surface area contributed by atoms with Crippen LogP contribution in [-0.2, 0) is 15.0 Å². The lowest BCUT2D eigenvalue weighted by atomic mass is 9.87. The van der Waals surface area contributed by atoms with Crippen LogP contribution in [0.4, 0.5) is 5.69 Å². The first-order chi connectivity index (χ1) is 11.2. The zero-order valence-electron chi connectivity index (χ0n) is 15.8. The summed E-state index contributed by atoms with van der Waals surface area (Å²) in [5.74, 6) is -0.0197. The molecule has 0 radical (unpaired) electrons. The minimum atomic E-state index is -0.0553. The number of hydrogen-bond donors (Lipinski definition) is 1. The maximum absolute atomic E-state index is 12.1. The largest absolute Gasteiger partial charge is 0.342 e. The van der Waals surface area contributed by atoms with Crippen molar-refractivity contribution in [3.8, 4) is 0 Å². The second-order valence-corrected chi connectivity index (χ2v) is 7.34. The summed E-state index contributed by atoms with van der Waals surface area (Å²) >= 11 is 0. The van der Waals surface area contributed by atoms with Gasteiger partial charge in [0.1, 0.15) is 0 Å². The number of nitrogens with one attached hydrogen (secondary N) is 1. The quantitative estimate of drug-likeness (QED) is 0.719. The Balaban J connectivity index is 2.48. The molecular weight excluding hydrogens is 300 g/mol. The van der Waals surface area contributed by atoms with Gasteiger partial charge in [0.15, 0.2) is 0 Å². The highest BCUT2D eigenvalue weighted by Crippen LogP contribution is 2.23. The maximum atomic E-state index is 12.1. The number of nitrogens with zero attached hydrogens (tertiary/aromatic N) is 1. The zero-order chi connectivity index (χ0) is 18.2. The van der Waals surface area contributed by atoms with E-state index in [9.17, 15) is 9.59 Å². The van der Waals surface area contributed by atoms with Gasteiger partial charge in [-0.2, -0.15) is 0 Å². The Bertz CT molecular complexity index is 530. The van der Waals surface area contributed by atoms with Gasteiger partial charge in [0.2, 0.25) is 11.8 Å². The number of benzene rings is 1. The van der Waals surface area contributed by atoms with E-state index in [2.05, 4.69) is 33.0 Å². The molecule has 1 rings (SSSR count). The summed E-state index contributed by atoms with van der Waals surface area (Å²) in [6, 6.07) is 7.95. The molecule has 0 aliphatic carbocycles. The first kappa shape index (κ1) is 20.2. The highest BCUT2D eigenvalue weighted by atomic mass is 16.2. The fourth-order valence-corrected chi connectivity index (χ4v) is 2.49. The Kier molecular flexibility index (Phi) is 7.96. The lowest BCUT2D eigenvalue weighted by Gasteiger charge is -2.21. The van der Waals surface area contributed by atoms with Gasteiger partial charge in [-0.3, -0.25) is 9.59 Å². The lowest BCUT2D eigenvalue weighted by molar-refractivity contribution is -0.129. The van der Waals surface area contributed by atoms with E-state index >= 15 is 0 Å². The van der Waals surface area contributed by atoms with Gasteiger partial charge in [0, 0.05) is 32.1 Å². The summed E-state index contributed by atoms with van der Waals surface area (Å²) in [5.41, 5.74) is 2.13. The van der Waals surface area contributed by atoms with Crippen molar-refractivity contribution < 1.29 is 9.59 Å². The minimum absolute atomic E-state index is 0.0356. The average Bonchev–Trinajstić information content (AvgIpc) is 2.50. The van der Waals surface area contributed by atoms with Crippen molar-refractivity contribution in [2.45, 2.75) is 65.7 Å². The van der Waals surface area contributed by atoms with Gasteiger partial charge in [-0.25, -0.2) is 0 Å². The second-order valence-electron chi connectivity index (χ2n) is 7.34. The van der Waals surface area contributed by atoms with Crippen LogP contribution < -0.4 is 5.32 Å². The van der Waals surface area contributed by atoms with Crippen LogP contribution in [0.2, 0.25) is 0 Å². The van der Waals surface area contributed by atoms with Crippen molar-refractivity contribution in [3.05, 3.63) is 29.8 Å². The molecule has 0 bridgehead atoms. The summed E-state index contributed by atoms with van der Waals surface area (Å²) in [7, 11) is 0. The Morgan fingerprint density at radius 3 is 2.17 bits per heavy atom. The summed E-state index contributed by atoms with van der Waals surface area (Å²) in [6.45, 7) is 11.4. The lowest BCUT2D eigenvalue weighted by Crippen LogP contribution is -2.32. The normalized spacial score (nSPS) is 11.2. The molecule has 1 N–H and O–H groups in total. The minimum Gasteiger partial charge on any atom is -0.342 e. The highest BCUT2D eigenvalue weighted by molar-refractivity contribution is 5.91. The van der Waals surface area contributed by atoms with Crippen molar-refractivity contribution in [1.29, 1.82) is 0 Å². The number of anilines is 1. The number of carbonyl (C=O) groups is 2. The number of amides is 2. The topological polar surface area (TPSA) is 49.4 Å². The fourth-order valence-electron chi connectivity index (χ4n) is 2.49. The first-order valence-corrected chi connectivity index (χ1v) is 8.90. The molecule has 4 nitrogen and oxygen atoms in total. The summed E-state index contributed by atoms with van der Waals surface area (Å²) in [4.78, 5) is 25.5. The molecule has 24 heavy (non-hydrogen) atoms. The third kappa shape index (κ3) is 7.16. The van der Waals surface area contributed by atoms with E-state index in [1.807, 2.05) is 24.3 Å². The van der Waals surface area contributed by atoms with Crippen LogP contribution >= 0.6 is 0 Å². The van der Waals surface area contributed by atoms with Gasteiger partial charge in [0.05, 0.1) is 0 Å². The van der Waals surface area contributed by atoms with Crippen LogP contribution in [0, 0.1) is 0 Å². The molecular formula is C20H32N2O2. The predicted octanol–water partition coefficient (Wildman–Crippen LogP) is 4.35. The standard InChI is InChI=1S/C20H32N2O2/c1-6-7-8-14-22(16(2)23)15-13-19(24)21-18-11-9-17(10-12-18)20(3,4)5/h9-12H,6-8,13-15H2,1-5H3,(H,21,24). The number of unbranched alkanes of at least 4 members (excludes halogenated alkanes) is 2. The SMILES string of the molecule is CCCCCN(CCC(=O)Nc1ccc(C(C)(C)C)cc1)C(C)=O.